The Kier molecular flexibility index (Phi) is 6.33. The largest absolute Gasteiger partial charge is 0.308 e. The van der Waals surface area contributed by atoms with E-state index in [0.29, 0.717) is 34.0 Å². The lowest BCUT2D eigenvalue weighted by molar-refractivity contribution is 0.0984. The fourth-order valence-corrected chi connectivity index (χ4v) is 5.17. The molecule has 10 heteroatoms. The minimum absolute atomic E-state index is 0.195. The molecule has 0 N–H and O–H groups in total. The van der Waals surface area contributed by atoms with Gasteiger partial charge in [0.1, 0.15) is 0 Å². The van der Waals surface area contributed by atoms with E-state index in [9.17, 15) is 13.2 Å². The fraction of sp³-hybridized carbons (Fsp3) is 0.261. The standard InChI is InChI=1S/C23H25N5O3S2/c1-16-19(15-24-28(16)17-8-6-5-7-9-17)22(29)27(13-12-26(2)3)23-25-20-11-10-18(33(4,30)31)14-21(20)32-23/h5-11,14-15H,12-13H2,1-4H3. The lowest BCUT2D eigenvalue weighted by Crippen LogP contribution is -2.37. The zero-order chi connectivity index (χ0) is 23.8. The zero-order valence-corrected chi connectivity index (χ0v) is 20.5. The van der Waals surface area contributed by atoms with Crippen LogP contribution in [0.2, 0.25) is 0 Å². The van der Waals surface area contributed by atoms with Crippen LogP contribution in [-0.2, 0) is 9.84 Å². The minimum Gasteiger partial charge on any atom is -0.308 e. The van der Waals surface area contributed by atoms with Gasteiger partial charge < -0.3 is 4.90 Å². The number of anilines is 1. The topological polar surface area (TPSA) is 88.4 Å². The monoisotopic (exact) mass is 483 g/mol. The van der Waals surface area contributed by atoms with Gasteiger partial charge in [-0.2, -0.15) is 5.10 Å². The van der Waals surface area contributed by atoms with Crippen LogP contribution in [0.3, 0.4) is 0 Å². The molecule has 0 unspecified atom stereocenters. The minimum atomic E-state index is -3.33. The first-order chi connectivity index (χ1) is 15.6. The van der Waals surface area contributed by atoms with E-state index >= 15 is 0 Å². The van der Waals surface area contributed by atoms with Gasteiger partial charge in [0.05, 0.1) is 38.3 Å². The summed E-state index contributed by atoms with van der Waals surface area (Å²) in [4.78, 5) is 22.2. The molecular formula is C23H25N5O3S2. The van der Waals surface area contributed by atoms with Crippen molar-refractivity contribution < 1.29 is 13.2 Å². The molecule has 0 aliphatic carbocycles. The lowest BCUT2D eigenvalue weighted by Gasteiger charge is -2.21. The quantitative estimate of drug-likeness (QED) is 0.400. The SMILES string of the molecule is Cc1c(C(=O)N(CCN(C)C)c2nc3ccc(S(C)(=O)=O)cc3s2)cnn1-c1ccccc1. The highest BCUT2D eigenvalue weighted by atomic mass is 32.2. The predicted molar refractivity (Wildman–Crippen MR) is 131 cm³/mol. The maximum Gasteiger partial charge on any atom is 0.263 e. The number of likely N-dealkylation sites (N-methyl/N-ethyl adjacent to an activating group) is 1. The molecule has 2 aromatic heterocycles. The summed E-state index contributed by atoms with van der Waals surface area (Å²) < 4.78 is 26.4. The Hall–Kier alpha value is -3.08. The molecule has 0 saturated heterocycles. The van der Waals surface area contributed by atoms with Crippen LogP contribution in [0.25, 0.3) is 15.9 Å². The Labute approximate surface area is 197 Å². The van der Waals surface area contributed by atoms with Crippen LogP contribution in [0.4, 0.5) is 5.13 Å². The molecule has 0 saturated carbocycles. The van der Waals surface area contributed by atoms with Crippen molar-refractivity contribution in [3.8, 4) is 5.69 Å². The Balaban J connectivity index is 1.74. The number of thiazole rings is 1. The first-order valence-electron chi connectivity index (χ1n) is 10.3. The molecule has 0 fully saturated rings. The molecule has 0 aliphatic rings. The van der Waals surface area contributed by atoms with E-state index in [4.69, 9.17) is 0 Å². The van der Waals surface area contributed by atoms with Crippen molar-refractivity contribution in [1.29, 1.82) is 0 Å². The summed E-state index contributed by atoms with van der Waals surface area (Å²) in [5.41, 5.74) is 2.76. The van der Waals surface area contributed by atoms with Crippen molar-refractivity contribution in [1.82, 2.24) is 19.7 Å². The number of carbonyl (C=O) groups is 1. The maximum absolute atomic E-state index is 13.7. The number of para-hydroxylation sites is 1. The Bertz CT molecular complexity index is 1410. The molecule has 2 heterocycles. The highest BCUT2D eigenvalue weighted by Gasteiger charge is 2.25. The molecule has 0 bridgehead atoms. The normalized spacial score (nSPS) is 11.9. The van der Waals surface area contributed by atoms with Crippen LogP contribution in [0.5, 0.6) is 0 Å². The third-order valence-electron chi connectivity index (χ3n) is 5.26. The van der Waals surface area contributed by atoms with E-state index in [1.54, 1.807) is 34.0 Å². The van der Waals surface area contributed by atoms with Crippen molar-refractivity contribution in [2.45, 2.75) is 11.8 Å². The summed E-state index contributed by atoms with van der Waals surface area (Å²) in [5, 5.41) is 4.96. The second kappa shape index (κ2) is 9.05. The molecule has 172 valence electrons. The van der Waals surface area contributed by atoms with Crippen LogP contribution in [-0.4, -0.2) is 67.4 Å². The lowest BCUT2D eigenvalue weighted by atomic mass is 10.2. The summed E-state index contributed by atoms with van der Waals surface area (Å²) in [7, 11) is 0.550. The van der Waals surface area contributed by atoms with E-state index in [1.807, 2.05) is 56.3 Å². The summed E-state index contributed by atoms with van der Waals surface area (Å²) in [6.45, 7) is 2.94. The number of carbonyl (C=O) groups excluding carboxylic acids is 1. The number of sulfone groups is 1. The third-order valence-corrected chi connectivity index (χ3v) is 7.42. The summed E-state index contributed by atoms with van der Waals surface area (Å²) >= 11 is 1.30. The smallest absolute Gasteiger partial charge is 0.263 e. The Morgan fingerprint density at radius 2 is 1.82 bits per heavy atom. The fourth-order valence-electron chi connectivity index (χ4n) is 3.42. The molecule has 0 spiro atoms. The molecule has 4 rings (SSSR count). The van der Waals surface area contributed by atoms with E-state index in [1.165, 1.54) is 17.6 Å². The van der Waals surface area contributed by atoms with E-state index in [-0.39, 0.29) is 10.8 Å². The van der Waals surface area contributed by atoms with Gasteiger partial charge >= 0.3 is 0 Å². The molecule has 4 aromatic rings. The van der Waals surface area contributed by atoms with Crippen molar-refractivity contribution in [3.05, 3.63) is 66.0 Å². The second-order valence-electron chi connectivity index (χ2n) is 8.05. The van der Waals surface area contributed by atoms with E-state index in [2.05, 4.69) is 10.1 Å². The third kappa shape index (κ3) is 4.82. The van der Waals surface area contributed by atoms with Gasteiger partial charge in [-0.25, -0.2) is 18.1 Å². The van der Waals surface area contributed by atoms with Crippen molar-refractivity contribution >= 4 is 42.4 Å². The van der Waals surface area contributed by atoms with Crippen LogP contribution in [0, 0.1) is 6.92 Å². The summed E-state index contributed by atoms with van der Waals surface area (Å²) in [6, 6.07) is 14.5. The average molecular weight is 484 g/mol. The molecule has 0 radical (unpaired) electrons. The van der Waals surface area contributed by atoms with Crippen molar-refractivity contribution in [2.24, 2.45) is 0 Å². The average Bonchev–Trinajstić information content (AvgIpc) is 3.36. The van der Waals surface area contributed by atoms with Gasteiger partial charge in [0.2, 0.25) is 0 Å². The molecule has 8 nitrogen and oxygen atoms in total. The van der Waals surface area contributed by atoms with Gasteiger partial charge in [-0.1, -0.05) is 29.5 Å². The molecule has 0 atom stereocenters. The zero-order valence-electron chi connectivity index (χ0n) is 18.9. The predicted octanol–water partition coefficient (Wildman–Crippen LogP) is 3.40. The maximum atomic E-state index is 13.7. The highest BCUT2D eigenvalue weighted by Crippen LogP contribution is 2.32. The molecule has 33 heavy (non-hydrogen) atoms. The molecular weight excluding hydrogens is 458 g/mol. The molecule has 2 aromatic carbocycles. The van der Waals surface area contributed by atoms with Crippen molar-refractivity contribution in [2.75, 3.05) is 38.3 Å². The highest BCUT2D eigenvalue weighted by molar-refractivity contribution is 7.90. The first-order valence-corrected chi connectivity index (χ1v) is 13.0. The van der Waals surface area contributed by atoms with Gasteiger partial charge in [-0.05, 0) is 51.4 Å². The van der Waals surface area contributed by atoms with Gasteiger partial charge in [0.15, 0.2) is 15.0 Å². The Morgan fingerprint density at radius 1 is 1.09 bits per heavy atom. The number of amides is 1. The van der Waals surface area contributed by atoms with Crippen LogP contribution >= 0.6 is 11.3 Å². The number of hydrogen-bond acceptors (Lipinski definition) is 7. The number of hydrogen-bond donors (Lipinski definition) is 0. The van der Waals surface area contributed by atoms with E-state index in [0.717, 1.165) is 11.4 Å². The summed E-state index contributed by atoms with van der Waals surface area (Å²) in [6.07, 6.45) is 2.76. The number of fused-ring (bicyclic) bond motifs is 1. The molecule has 1 amide bonds. The molecule has 0 aliphatic heterocycles. The number of nitrogens with zero attached hydrogens (tertiary/aromatic N) is 5. The van der Waals surface area contributed by atoms with Crippen LogP contribution in [0.15, 0.2) is 59.6 Å². The van der Waals surface area contributed by atoms with Gasteiger partial charge in [0.25, 0.3) is 5.91 Å². The van der Waals surface area contributed by atoms with Gasteiger partial charge in [-0.15, -0.1) is 0 Å². The van der Waals surface area contributed by atoms with Crippen LogP contribution < -0.4 is 4.90 Å². The number of rotatable bonds is 7. The first kappa shape index (κ1) is 23.1. The van der Waals surface area contributed by atoms with E-state index < -0.39 is 9.84 Å². The Morgan fingerprint density at radius 3 is 2.48 bits per heavy atom. The van der Waals surface area contributed by atoms with Crippen molar-refractivity contribution in [3.63, 3.8) is 0 Å². The summed E-state index contributed by atoms with van der Waals surface area (Å²) in [5.74, 6) is -0.195. The second-order valence-corrected chi connectivity index (χ2v) is 11.1. The number of benzene rings is 2. The van der Waals surface area contributed by atoms with Crippen LogP contribution in [0.1, 0.15) is 16.1 Å². The van der Waals surface area contributed by atoms with Gasteiger partial charge in [0, 0.05) is 19.3 Å². The van der Waals surface area contributed by atoms with Gasteiger partial charge in [-0.3, -0.25) is 9.69 Å². The number of aromatic nitrogens is 3.